The molecular weight excluding hydrogens is 377 g/mol. The van der Waals surface area contributed by atoms with Crippen molar-refractivity contribution in [2.24, 2.45) is 0 Å². The van der Waals surface area contributed by atoms with Crippen LogP contribution in [0.25, 0.3) is 0 Å². The van der Waals surface area contributed by atoms with Gasteiger partial charge in [-0.1, -0.05) is 6.07 Å². The largest absolute Gasteiger partial charge is 0.468 e. The summed E-state index contributed by atoms with van der Waals surface area (Å²) in [6.07, 6.45) is 0. The van der Waals surface area contributed by atoms with Gasteiger partial charge < -0.3 is 9.47 Å². The third-order valence-corrected chi connectivity index (χ3v) is 5.66. The van der Waals surface area contributed by atoms with Crippen LogP contribution in [-0.4, -0.2) is 41.1 Å². The fourth-order valence-corrected chi connectivity index (χ4v) is 3.91. The molecule has 0 spiro atoms. The van der Waals surface area contributed by atoms with Gasteiger partial charge in [0.2, 0.25) is 0 Å². The minimum absolute atomic E-state index is 0.104. The average molecular weight is 395 g/mol. The number of nitrogens with zero attached hydrogens (tertiary/aromatic N) is 1. The molecule has 0 amide bonds. The van der Waals surface area contributed by atoms with Crippen LogP contribution < -0.4 is 4.31 Å². The van der Waals surface area contributed by atoms with Gasteiger partial charge in [-0.25, -0.2) is 17.6 Å². The second kappa shape index (κ2) is 8.17. The van der Waals surface area contributed by atoms with Crippen molar-refractivity contribution in [2.45, 2.75) is 11.8 Å². The number of ether oxygens (including phenoxy) is 2. The second-order valence-corrected chi connectivity index (χ2v) is 7.35. The number of sulfonamides is 1. The van der Waals surface area contributed by atoms with Gasteiger partial charge >= 0.3 is 11.9 Å². The van der Waals surface area contributed by atoms with Crippen LogP contribution in [0.3, 0.4) is 0 Å². The molecule has 27 heavy (non-hydrogen) atoms. The predicted molar refractivity (Wildman–Crippen MR) is 95.5 cm³/mol. The Morgan fingerprint density at radius 3 is 2.22 bits per heavy atom. The maximum Gasteiger partial charge on any atom is 0.338 e. The SMILES string of the molecule is COC(=O)CN(c1cccc(C(=O)OC)c1C)S(=O)(=O)c1ccc(F)cc1. The number of methoxy groups -OCH3 is 2. The molecule has 9 heteroatoms. The highest BCUT2D eigenvalue weighted by Gasteiger charge is 2.30. The highest BCUT2D eigenvalue weighted by Crippen LogP contribution is 2.29. The average Bonchev–Trinajstić information content (AvgIpc) is 2.66. The van der Waals surface area contributed by atoms with Crippen LogP contribution in [0, 0.1) is 12.7 Å². The summed E-state index contributed by atoms with van der Waals surface area (Å²) in [5, 5.41) is 0. The molecule has 0 heterocycles. The van der Waals surface area contributed by atoms with E-state index in [0.717, 1.165) is 35.7 Å². The van der Waals surface area contributed by atoms with E-state index in [-0.39, 0.29) is 16.1 Å². The molecule has 0 atom stereocenters. The molecule has 0 N–H and O–H groups in total. The van der Waals surface area contributed by atoms with E-state index in [1.165, 1.54) is 32.2 Å². The molecule has 2 aromatic rings. The Balaban J connectivity index is 2.64. The van der Waals surface area contributed by atoms with E-state index >= 15 is 0 Å². The Bertz CT molecular complexity index is 956. The van der Waals surface area contributed by atoms with E-state index in [4.69, 9.17) is 4.74 Å². The van der Waals surface area contributed by atoms with E-state index in [9.17, 15) is 22.4 Å². The Morgan fingerprint density at radius 1 is 1.04 bits per heavy atom. The lowest BCUT2D eigenvalue weighted by Crippen LogP contribution is -2.37. The predicted octanol–water partition coefficient (Wildman–Crippen LogP) is 2.29. The van der Waals surface area contributed by atoms with Gasteiger partial charge in [0.05, 0.1) is 30.4 Å². The van der Waals surface area contributed by atoms with Crippen LogP contribution in [-0.2, 0) is 24.3 Å². The van der Waals surface area contributed by atoms with E-state index in [0.29, 0.717) is 5.56 Å². The number of benzene rings is 2. The van der Waals surface area contributed by atoms with Crippen LogP contribution in [0.4, 0.5) is 10.1 Å². The standard InChI is InChI=1S/C18H18FNO6S/c1-12-15(18(22)26-3)5-4-6-16(12)20(11-17(21)25-2)27(23,24)14-9-7-13(19)8-10-14/h4-10H,11H2,1-3H3. The van der Waals surface area contributed by atoms with Gasteiger partial charge in [0.25, 0.3) is 10.0 Å². The normalized spacial score (nSPS) is 11.0. The minimum Gasteiger partial charge on any atom is -0.468 e. The molecule has 0 fully saturated rings. The fourth-order valence-electron chi connectivity index (χ4n) is 2.44. The van der Waals surface area contributed by atoms with E-state index in [2.05, 4.69) is 4.74 Å². The van der Waals surface area contributed by atoms with Gasteiger partial charge in [0, 0.05) is 0 Å². The molecule has 0 radical (unpaired) electrons. The van der Waals surface area contributed by atoms with Gasteiger partial charge in [-0.3, -0.25) is 9.10 Å². The number of rotatable bonds is 6. The molecule has 0 aliphatic heterocycles. The molecule has 2 aromatic carbocycles. The van der Waals surface area contributed by atoms with E-state index in [1.807, 2.05) is 0 Å². The maximum absolute atomic E-state index is 13.2. The third-order valence-electron chi connectivity index (χ3n) is 3.88. The van der Waals surface area contributed by atoms with Crippen molar-refractivity contribution in [3.8, 4) is 0 Å². The molecule has 0 saturated carbocycles. The Labute approximate surface area is 156 Å². The smallest absolute Gasteiger partial charge is 0.338 e. The van der Waals surface area contributed by atoms with Gasteiger partial charge in [0.15, 0.2) is 0 Å². The highest BCUT2D eigenvalue weighted by atomic mass is 32.2. The van der Waals surface area contributed by atoms with Crippen molar-refractivity contribution in [3.63, 3.8) is 0 Å². The first-order valence-corrected chi connectivity index (χ1v) is 9.19. The van der Waals surface area contributed by atoms with E-state index in [1.54, 1.807) is 0 Å². The molecule has 7 nitrogen and oxygen atoms in total. The number of hydrogen-bond acceptors (Lipinski definition) is 6. The second-order valence-electron chi connectivity index (χ2n) is 5.48. The molecular formula is C18H18FNO6S. The number of carbonyl (C=O) groups is 2. The number of halogens is 1. The summed E-state index contributed by atoms with van der Waals surface area (Å²) in [5.41, 5.74) is 0.561. The lowest BCUT2D eigenvalue weighted by molar-refractivity contribution is -0.138. The summed E-state index contributed by atoms with van der Waals surface area (Å²) >= 11 is 0. The molecule has 0 aromatic heterocycles. The van der Waals surface area contributed by atoms with Gasteiger partial charge in [-0.15, -0.1) is 0 Å². The Hall–Kier alpha value is -2.94. The summed E-state index contributed by atoms with van der Waals surface area (Å²) in [6.45, 7) is 0.910. The highest BCUT2D eigenvalue weighted by molar-refractivity contribution is 7.92. The van der Waals surface area contributed by atoms with Gasteiger partial charge in [-0.05, 0) is 48.9 Å². The zero-order valence-corrected chi connectivity index (χ0v) is 15.7. The van der Waals surface area contributed by atoms with Crippen molar-refractivity contribution >= 4 is 27.6 Å². The molecule has 0 bridgehead atoms. The van der Waals surface area contributed by atoms with Crippen molar-refractivity contribution < 1.29 is 31.9 Å². The molecule has 0 unspecified atom stereocenters. The number of esters is 2. The van der Waals surface area contributed by atoms with Crippen LogP contribution in [0.2, 0.25) is 0 Å². The molecule has 0 aliphatic rings. The molecule has 0 saturated heterocycles. The number of carbonyl (C=O) groups excluding carboxylic acids is 2. The first-order valence-electron chi connectivity index (χ1n) is 7.75. The number of anilines is 1. The quantitative estimate of drug-likeness (QED) is 0.697. The maximum atomic E-state index is 13.2. The van der Waals surface area contributed by atoms with Gasteiger partial charge in [-0.2, -0.15) is 0 Å². The Kier molecular flexibility index (Phi) is 6.17. The lowest BCUT2D eigenvalue weighted by atomic mass is 10.1. The molecule has 2 rings (SSSR count). The monoisotopic (exact) mass is 395 g/mol. The first kappa shape index (κ1) is 20.4. The van der Waals surface area contributed by atoms with Crippen LogP contribution in [0.5, 0.6) is 0 Å². The zero-order chi connectivity index (χ0) is 20.2. The van der Waals surface area contributed by atoms with Crippen molar-refractivity contribution in [3.05, 3.63) is 59.4 Å². The van der Waals surface area contributed by atoms with Crippen molar-refractivity contribution in [1.29, 1.82) is 0 Å². The fraction of sp³-hybridized carbons (Fsp3) is 0.222. The minimum atomic E-state index is -4.23. The van der Waals surface area contributed by atoms with Crippen LogP contribution in [0.15, 0.2) is 47.4 Å². The van der Waals surface area contributed by atoms with E-state index < -0.39 is 34.3 Å². The number of hydrogen-bond donors (Lipinski definition) is 0. The summed E-state index contributed by atoms with van der Waals surface area (Å²) in [5.74, 6) is -2.05. The summed E-state index contributed by atoms with van der Waals surface area (Å²) in [4.78, 5) is 23.5. The van der Waals surface area contributed by atoms with Crippen molar-refractivity contribution in [1.82, 2.24) is 0 Å². The molecule has 144 valence electrons. The van der Waals surface area contributed by atoms with Crippen molar-refractivity contribution in [2.75, 3.05) is 25.1 Å². The summed E-state index contributed by atoms with van der Waals surface area (Å²) in [6, 6.07) is 8.58. The zero-order valence-electron chi connectivity index (χ0n) is 14.9. The summed E-state index contributed by atoms with van der Waals surface area (Å²) < 4.78 is 49.4. The summed E-state index contributed by atoms with van der Waals surface area (Å²) in [7, 11) is -1.90. The molecule has 0 aliphatic carbocycles. The van der Waals surface area contributed by atoms with Gasteiger partial charge in [0.1, 0.15) is 12.4 Å². The Morgan fingerprint density at radius 2 is 1.67 bits per heavy atom. The lowest BCUT2D eigenvalue weighted by Gasteiger charge is -2.25. The first-order chi connectivity index (χ1) is 12.7. The van der Waals surface area contributed by atoms with Crippen LogP contribution in [0.1, 0.15) is 15.9 Å². The topological polar surface area (TPSA) is 90.0 Å². The van der Waals surface area contributed by atoms with Crippen LogP contribution >= 0.6 is 0 Å². The third kappa shape index (κ3) is 4.25.